The van der Waals surface area contributed by atoms with E-state index >= 15 is 0 Å². The maximum absolute atomic E-state index is 13.7. The van der Waals surface area contributed by atoms with Crippen molar-refractivity contribution in [2.75, 3.05) is 0 Å². The van der Waals surface area contributed by atoms with Crippen LogP contribution in [-0.2, 0) is 14.0 Å². The van der Waals surface area contributed by atoms with Crippen LogP contribution in [0.15, 0.2) is 0 Å². The topological polar surface area (TPSA) is 43.4 Å². The first kappa shape index (κ1) is 31.2. The van der Waals surface area contributed by atoms with E-state index in [1.165, 1.54) is 0 Å². The lowest BCUT2D eigenvalue weighted by atomic mass is 11.6. The van der Waals surface area contributed by atoms with Gasteiger partial charge in [0.2, 0.25) is 0 Å². The fourth-order valence-electron chi connectivity index (χ4n) is 6.05. The van der Waals surface area contributed by atoms with Gasteiger partial charge in [-0.3, -0.25) is 0 Å². The van der Waals surface area contributed by atoms with Crippen molar-refractivity contribution in [3.05, 3.63) is 0 Å². The largest absolute Gasteiger partial charge is 0.522 e. The van der Waals surface area contributed by atoms with Gasteiger partial charge in [-0.05, 0) is 6.55 Å². The molecule has 0 saturated carbocycles. The summed E-state index contributed by atoms with van der Waals surface area (Å²) in [5.41, 5.74) is -5.37. The summed E-state index contributed by atoms with van der Waals surface area (Å²) in [6.07, 6.45) is 0. The third-order valence-corrected chi connectivity index (χ3v) is 165. The molecule has 3 nitrogen and oxygen atoms in total. The number of hydrogen-bond acceptors (Lipinski definition) is 3. The van der Waals surface area contributed by atoms with Gasteiger partial charge in [0, 0.05) is 30.4 Å². The highest BCUT2D eigenvalue weighted by Gasteiger charge is 2.77. The number of alkyl halides is 3. The molecule has 0 aromatic carbocycles. The highest BCUT2D eigenvalue weighted by atomic mass is 32.2. The summed E-state index contributed by atoms with van der Waals surface area (Å²) in [5.74, 6) is 0. The molecule has 0 aromatic rings. The molecule has 0 bridgehead atoms. The molecule has 0 aliphatic carbocycles. The van der Waals surface area contributed by atoms with Crippen molar-refractivity contribution >= 4 is 61.1 Å². The molecule has 0 aliphatic heterocycles. The monoisotopic (exact) mass is 570 g/mol. The zero-order valence-electron chi connectivity index (χ0n) is 21.8. The molecular formula is C16H45F3O3SSi7. The van der Waals surface area contributed by atoms with Crippen molar-refractivity contribution in [3.8, 4) is 0 Å². The minimum Gasteiger partial charge on any atom is -0.316 e. The SMILES string of the molecule is C[Si](C)(C)[Si](C)([Si](C)(C)C)[Si](C)(OS(=O)(=O)C(F)(F)F)[Si](C)([Si](C)(C)C)[Si](C)(C)C. The summed E-state index contributed by atoms with van der Waals surface area (Å²) in [7, 11) is -17.1. The molecule has 0 spiro atoms. The van der Waals surface area contributed by atoms with Crippen LogP contribution in [0.2, 0.25) is 98.2 Å². The van der Waals surface area contributed by atoms with Crippen molar-refractivity contribution < 1.29 is 25.5 Å². The molecule has 0 N–H and O–H groups in total. The Morgan fingerprint density at radius 2 is 0.733 bits per heavy atom. The van der Waals surface area contributed by atoms with Crippen LogP contribution in [0.5, 0.6) is 0 Å². The summed E-state index contributed by atoms with van der Waals surface area (Å²) in [6.45, 7) is 28.6. The van der Waals surface area contributed by atoms with Crippen LogP contribution in [0.4, 0.5) is 13.2 Å². The molecule has 30 heavy (non-hydrogen) atoms. The second-order valence-electron chi connectivity index (χ2n) is 13.3. The summed E-state index contributed by atoms with van der Waals surface area (Å²) < 4.78 is 72.3. The molecule has 14 heteroatoms. The van der Waals surface area contributed by atoms with E-state index in [9.17, 15) is 21.6 Å². The lowest BCUT2D eigenvalue weighted by Crippen LogP contribution is -2.97. The van der Waals surface area contributed by atoms with Gasteiger partial charge >= 0.3 is 15.6 Å². The molecule has 0 aliphatic rings. The zero-order chi connectivity index (χ0) is 25.2. The van der Waals surface area contributed by atoms with Crippen LogP contribution in [0, 0.1) is 0 Å². The predicted octanol–water partition coefficient (Wildman–Crippen LogP) is 6.41. The quantitative estimate of drug-likeness (QED) is 0.250. The normalized spacial score (nSPS) is 16.7. The van der Waals surface area contributed by atoms with Gasteiger partial charge in [0.15, 0.2) is 7.35 Å². The number of rotatable bonds is 8. The van der Waals surface area contributed by atoms with Gasteiger partial charge in [0.25, 0.3) is 0 Å². The predicted molar refractivity (Wildman–Crippen MR) is 144 cm³/mol. The van der Waals surface area contributed by atoms with Crippen LogP contribution >= 0.6 is 0 Å². The third-order valence-electron chi connectivity index (χ3n) is 8.47. The van der Waals surface area contributed by atoms with E-state index in [0.717, 1.165) is 0 Å². The van der Waals surface area contributed by atoms with E-state index in [2.05, 4.69) is 91.7 Å². The van der Waals surface area contributed by atoms with Crippen LogP contribution in [-0.4, -0.2) is 64.9 Å². The molecule has 0 rings (SSSR count). The fraction of sp³-hybridized carbons (Fsp3) is 1.00. The van der Waals surface area contributed by atoms with E-state index in [1.807, 2.05) is 6.55 Å². The zero-order valence-corrected chi connectivity index (χ0v) is 29.6. The first-order valence-corrected chi connectivity index (χ1v) is 39.3. The van der Waals surface area contributed by atoms with Gasteiger partial charge in [-0.1, -0.05) is 91.7 Å². The van der Waals surface area contributed by atoms with Crippen LogP contribution in [0.25, 0.3) is 0 Å². The van der Waals surface area contributed by atoms with Crippen molar-refractivity contribution in [3.63, 3.8) is 0 Å². The van der Waals surface area contributed by atoms with E-state index in [4.69, 9.17) is 3.87 Å². The lowest BCUT2D eigenvalue weighted by molar-refractivity contribution is -0.0501. The standard InChI is InChI=1S/C16H45F3O3SSi7/c1-24(2,3)29(14,25(4,5)6)28(13,22-23(20,21)16(17,18)19)30(15,26(7,8)9)27(10,11)12/h1-15H3. The molecular weight excluding hydrogens is 526 g/mol. The average molecular weight is 571 g/mol. The molecule has 0 unspecified atom stereocenters. The Morgan fingerprint density at radius 3 is 0.867 bits per heavy atom. The summed E-state index contributed by atoms with van der Waals surface area (Å²) in [4.78, 5) is 0. The average Bonchev–Trinajstić information content (AvgIpc) is 2.38. The molecule has 0 atom stereocenters. The number of hydrogen-bond donors (Lipinski definition) is 0. The molecule has 0 aromatic heterocycles. The van der Waals surface area contributed by atoms with Gasteiger partial charge < -0.3 is 3.87 Å². The maximum Gasteiger partial charge on any atom is 0.522 e. The van der Waals surface area contributed by atoms with Crippen LogP contribution in [0.3, 0.4) is 0 Å². The van der Waals surface area contributed by atoms with Gasteiger partial charge in [0.05, 0.1) is 13.3 Å². The first-order valence-electron chi connectivity index (χ1n) is 10.5. The Bertz CT molecular complexity index is 676. The Hall–Kier alpha value is 1.22. The summed E-state index contributed by atoms with van der Waals surface area (Å²) in [6, 6.07) is 0. The Balaban J connectivity index is 7.88. The second kappa shape index (κ2) is 8.16. The summed E-state index contributed by atoms with van der Waals surface area (Å²) >= 11 is 0. The smallest absolute Gasteiger partial charge is 0.316 e. The molecule has 0 amide bonds. The highest BCUT2D eigenvalue weighted by molar-refractivity contribution is 8.10. The van der Waals surface area contributed by atoms with Crippen molar-refractivity contribution in [1.82, 2.24) is 0 Å². The Morgan fingerprint density at radius 1 is 0.533 bits per heavy atom. The van der Waals surface area contributed by atoms with E-state index in [0.29, 0.717) is 0 Å². The third kappa shape index (κ3) is 4.72. The van der Waals surface area contributed by atoms with Crippen LogP contribution in [0.1, 0.15) is 0 Å². The van der Waals surface area contributed by atoms with Crippen molar-refractivity contribution in [1.29, 1.82) is 0 Å². The fourth-order valence-corrected chi connectivity index (χ4v) is 246. The molecule has 0 fully saturated rings. The van der Waals surface area contributed by atoms with Gasteiger partial charge in [-0.25, -0.2) is 0 Å². The minimum atomic E-state index is -5.64. The summed E-state index contributed by atoms with van der Waals surface area (Å²) in [5, 5.41) is 0. The van der Waals surface area contributed by atoms with Gasteiger partial charge in [-0.15, -0.1) is 0 Å². The highest BCUT2D eigenvalue weighted by Crippen LogP contribution is 2.49. The van der Waals surface area contributed by atoms with Gasteiger partial charge in [-0.2, -0.15) is 21.6 Å². The molecule has 0 heterocycles. The molecule has 0 radical (unpaired) electrons. The second-order valence-corrected chi connectivity index (χ2v) is 92.1. The van der Waals surface area contributed by atoms with Crippen LogP contribution < -0.4 is 0 Å². The Kier molecular flexibility index (Phi) is 8.49. The minimum absolute atomic E-state index is 1.97. The van der Waals surface area contributed by atoms with E-state index in [1.54, 1.807) is 0 Å². The first-order chi connectivity index (χ1) is 12.5. The maximum atomic E-state index is 13.7. The molecule has 182 valence electrons. The van der Waals surface area contributed by atoms with Crippen molar-refractivity contribution in [2.24, 2.45) is 0 Å². The van der Waals surface area contributed by atoms with E-state index < -0.39 is 66.6 Å². The lowest BCUT2D eigenvalue weighted by Gasteiger charge is -2.66. The number of halogens is 3. The molecule has 0 saturated heterocycles. The Labute approximate surface area is 189 Å². The van der Waals surface area contributed by atoms with E-state index in [-0.39, 0.29) is 0 Å². The van der Waals surface area contributed by atoms with Gasteiger partial charge in [0.1, 0.15) is 0 Å². The van der Waals surface area contributed by atoms with Crippen molar-refractivity contribution in [2.45, 2.75) is 104 Å².